The quantitative estimate of drug-likeness (QED) is 0.713. The monoisotopic (exact) mass is 333 g/mol. The lowest BCUT2D eigenvalue weighted by molar-refractivity contribution is -0.145. The lowest BCUT2D eigenvalue weighted by Gasteiger charge is -2.27. The van der Waals surface area contributed by atoms with Gasteiger partial charge in [0.15, 0.2) is 5.82 Å². The van der Waals surface area contributed by atoms with E-state index in [4.69, 9.17) is 23.2 Å². The topological polar surface area (TPSA) is 91.3 Å². The fraction of sp³-hybridized carbons (Fsp3) is 0.462. The molecule has 0 aliphatic carbocycles. The molecule has 0 aliphatic rings. The number of nitrogens with one attached hydrogen (secondary N) is 2. The van der Waals surface area contributed by atoms with E-state index in [2.05, 4.69) is 15.6 Å². The molecule has 0 aliphatic heterocycles. The maximum absolute atomic E-state index is 11.9. The Morgan fingerprint density at radius 2 is 1.95 bits per heavy atom. The summed E-state index contributed by atoms with van der Waals surface area (Å²) < 4.78 is 0. The maximum atomic E-state index is 11.9. The van der Waals surface area contributed by atoms with E-state index in [0.29, 0.717) is 17.9 Å². The third-order valence-corrected chi connectivity index (χ3v) is 3.76. The molecule has 0 saturated heterocycles. The molecule has 0 spiro atoms. The molecule has 0 saturated carbocycles. The van der Waals surface area contributed by atoms with E-state index in [1.165, 1.54) is 12.3 Å². The number of amides is 1. The van der Waals surface area contributed by atoms with Crippen LogP contribution in [0.2, 0.25) is 10.0 Å². The van der Waals surface area contributed by atoms with E-state index in [-0.39, 0.29) is 17.4 Å². The van der Waals surface area contributed by atoms with Crippen molar-refractivity contribution in [3.63, 3.8) is 0 Å². The summed E-state index contributed by atoms with van der Waals surface area (Å²) in [5, 5.41) is 15.1. The van der Waals surface area contributed by atoms with Crippen molar-refractivity contribution < 1.29 is 14.7 Å². The van der Waals surface area contributed by atoms with E-state index in [9.17, 15) is 14.7 Å². The van der Waals surface area contributed by atoms with E-state index in [0.717, 1.165) is 0 Å². The summed E-state index contributed by atoms with van der Waals surface area (Å²) in [5.41, 5.74) is -1.12. The Hall–Kier alpha value is -1.37. The third kappa shape index (κ3) is 4.56. The summed E-state index contributed by atoms with van der Waals surface area (Å²) in [5.74, 6) is -1.23. The Balaban J connectivity index is 2.67. The molecule has 1 heterocycles. The molecule has 1 rings (SSSR count). The van der Waals surface area contributed by atoms with Crippen molar-refractivity contribution in [1.29, 1.82) is 0 Å². The van der Waals surface area contributed by atoms with Crippen LogP contribution in [0, 0.1) is 0 Å². The van der Waals surface area contributed by atoms with E-state index in [1.54, 1.807) is 13.8 Å². The van der Waals surface area contributed by atoms with Gasteiger partial charge in [-0.25, -0.2) is 4.98 Å². The van der Waals surface area contributed by atoms with Crippen LogP contribution in [0.5, 0.6) is 0 Å². The molecule has 1 aromatic heterocycles. The maximum Gasteiger partial charge on any atom is 0.323 e. The van der Waals surface area contributed by atoms with Crippen molar-refractivity contribution in [2.75, 3.05) is 11.9 Å². The number of nitrogens with zero attached hydrogens (tertiary/aromatic N) is 1. The summed E-state index contributed by atoms with van der Waals surface area (Å²) >= 11 is 11.6. The minimum Gasteiger partial charge on any atom is -0.480 e. The molecular weight excluding hydrogens is 317 g/mol. The van der Waals surface area contributed by atoms with Crippen LogP contribution in [0.3, 0.4) is 0 Å². The molecule has 0 unspecified atom stereocenters. The highest BCUT2D eigenvalue weighted by atomic mass is 35.5. The van der Waals surface area contributed by atoms with Gasteiger partial charge in [0.25, 0.3) is 0 Å². The normalized spacial score (nSPS) is 11.2. The molecule has 0 atom stereocenters. The predicted octanol–water partition coefficient (Wildman–Crippen LogP) is 2.56. The summed E-state index contributed by atoms with van der Waals surface area (Å²) in [4.78, 5) is 27.1. The number of carboxylic acids is 1. The molecule has 3 N–H and O–H groups in total. The SMILES string of the molecule is CCC(CC)(NCC(=O)Nc1ncc(Cl)cc1Cl)C(=O)O. The number of carboxylic acid groups (broad SMARTS) is 1. The Kier molecular flexibility index (Phi) is 6.39. The van der Waals surface area contributed by atoms with E-state index in [1.807, 2.05) is 0 Å². The molecule has 116 valence electrons. The lowest BCUT2D eigenvalue weighted by atomic mass is 9.93. The van der Waals surface area contributed by atoms with Gasteiger partial charge in [0.2, 0.25) is 5.91 Å². The molecule has 8 heteroatoms. The van der Waals surface area contributed by atoms with Crippen molar-refractivity contribution in [3.8, 4) is 0 Å². The molecule has 0 aromatic carbocycles. The van der Waals surface area contributed by atoms with Gasteiger partial charge in [-0.1, -0.05) is 37.0 Å². The van der Waals surface area contributed by atoms with Crippen LogP contribution in [-0.4, -0.2) is 34.1 Å². The smallest absolute Gasteiger partial charge is 0.323 e. The first-order valence-corrected chi connectivity index (χ1v) is 7.19. The molecule has 0 fully saturated rings. The predicted molar refractivity (Wildman–Crippen MR) is 81.8 cm³/mol. The number of carbonyl (C=O) groups is 2. The molecule has 1 aromatic rings. The Bertz CT molecular complexity index is 533. The largest absolute Gasteiger partial charge is 0.480 e. The summed E-state index contributed by atoms with van der Waals surface area (Å²) in [6.45, 7) is 3.34. The van der Waals surface area contributed by atoms with Gasteiger partial charge in [-0.3, -0.25) is 14.9 Å². The number of pyridine rings is 1. The number of aromatic nitrogens is 1. The van der Waals surface area contributed by atoms with Gasteiger partial charge < -0.3 is 10.4 Å². The zero-order valence-electron chi connectivity index (χ0n) is 11.7. The van der Waals surface area contributed by atoms with Crippen molar-refractivity contribution in [1.82, 2.24) is 10.3 Å². The zero-order valence-corrected chi connectivity index (χ0v) is 13.3. The van der Waals surface area contributed by atoms with Crippen LogP contribution in [-0.2, 0) is 9.59 Å². The van der Waals surface area contributed by atoms with Crippen LogP contribution >= 0.6 is 23.2 Å². The van der Waals surface area contributed by atoms with Crippen molar-refractivity contribution in [3.05, 3.63) is 22.3 Å². The Labute approximate surface area is 132 Å². The number of carbonyl (C=O) groups excluding carboxylic acids is 1. The van der Waals surface area contributed by atoms with Crippen LogP contribution in [0.4, 0.5) is 5.82 Å². The number of anilines is 1. The summed E-state index contributed by atoms with van der Waals surface area (Å²) in [7, 11) is 0. The second-order valence-electron chi connectivity index (χ2n) is 4.48. The molecule has 0 bridgehead atoms. The van der Waals surface area contributed by atoms with Gasteiger partial charge in [0, 0.05) is 6.20 Å². The zero-order chi connectivity index (χ0) is 16.0. The minimum absolute atomic E-state index is 0.158. The van der Waals surface area contributed by atoms with Gasteiger partial charge in [0.1, 0.15) is 5.54 Å². The first kappa shape index (κ1) is 17.7. The standard InChI is InChI=1S/C13H17Cl2N3O3/c1-3-13(4-2,12(20)21)17-7-10(19)18-11-9(15)5-8(14)6-16-11/h5-6,17H,3-4,7H2,1-2H3,(H,20,21)(H,16,18,19). The molecule has 1 amide bonds. The van der Waals surface area contributed by atoms with Gasteiger partial charge >= 0.3 is 5.97 Å². The van der Waals surface area contributed by atoms with Crippen molar-refractivity contribution in [2.24, 2.45) is 0 Å². The van der Waals surface area contributed by atoms with Gasteiger partial charge in [-0.15, -0.1) is 0 Å². The number of halogens is 2. The fourth-order valence-corrected chi connectivity index (χ4v) is 2.24. The van der Waals surface area contributed by atoms with Crippen LogP contribution in [0.25, 0.3) is 0 Å². The first-order chi connectivity index (χ1) is 9.84. The fourth-order valence-electron chi connectivity index (χ4n) is 1.81. The average molecular weight is 334 g/mol. The van der Waals surface area contributed by atoms with E-state index < -0.39 is 17.4 Å². The highest BCUT2D eigenvalue weighted by Gasteiger charge is 2.34. The minimum atomic E-state index is -1.12. The van der Waals surface area contributed by atoms with Crippen molar-refractivity contribution in [2.45, 2.75) is 32.2 Å². The number of rotatable bonds is 7. The molecule has 0 radical (unpaired) electrons. The Morgan fingerprint density at radius 3 is 2.43 bits per heavy atom. The summed E-state index contributed by atoms with van der Waals surface area (Å²) in [6, 6.07) is 1.46. The number of aliphatic carboxylic acids is 1. The molecule has 6 nitrogen and oxygen atoms in total. The van der Waals surface area contributed by atoms with Crippen LogP contribution in [0.15, 0.2) is 12.3 Å². The van der Waals surface area contributed by atoms with Gasteiger partial charge in [-0.2, -0.15) is 0 Å². The van der Waals surface area contributed by atoms with Crippen LogP contribution < -0.4 is 10.6 Å². The summed E-state index contributed by atoms with van der Waals surface area (Å²) in [6.07, 6.45) is 2.09. The number of hydrogen-bond acceptors (Lipinski definition) is 4. The average Bonchev–Trinajstić information content (AvgIpc) is 2.43. The number of hydrogen-bond donors (Lipinski definition) is 3. The van der Waals surface area contributed by atoms with Crippen molar-refractivity contribution >= 4 is 40.9 Å². The lowest BCUT2D eigenvalue weighted by Crippen LogP contribution is -2.53. The molecular formula is C13H17Cl2N3O3. The second-order valence-corrected chi connectivity index (χ2v) is 5.32. The highest BCUT2D eigenvalue weighted by Crippen LogP contribution is 2.22. The third-order valence-electron chi connectivity index (χ3n) is 3.27. The van der Waals surface area contributed by atoms with Gasteiger partial charge in [-0.05, 0) is 18.9 Å². The van der Waals surface area contributed by atoms with Crippen LogP contribution in [0.1, 0.15) is 26.7 Å². The Morgan fingerprint density at radius 1 is 1.33 bits per heavy atom. The highest BCUT2D eigenvalue weighted by molar-refractivity contribution is 6.36. The van der Waals surface area contributed by atoms with Gasteiger partial charge in [0.05, 0.1) is 16.6 Å². The van der Waals surface area contributed by atoms with E-state index >= 15 is 0 Å². The first-order valence-electron chi connectivity index (χ1n) is 6.44. The second kappa shape index (κ2) is 7.59. The molecule has 21 heavy (non-hydrogen) atoms.